The van der Waals surface area contributed by atoms with E-state index in [-0.39, 0.29) is 11.4 Å². The van der Waals surface area contributed by atoms with Gasteiger partial charge in [0, 0.05) is 31.7 Å². The molecule has 0 aromatic carbocycles. The summed E-state index contributed by atoms with van der Waals surface area (Å²) in [5.41, 5.74) is -1.11. The lowest BCUT2D eigenvalue weighted by Crippen LogP contribution is -2.39. The summed E-state index contributed by atoms with van der Waals surface area (Å²) in [5.74, 6) is 1.73. The van der Waals surface area contributed by atoms with Crippen LogP contribution in [0.1, 0.15) is 38.1 Å². The summed E-state index contributed by atoms with van der Waals surface area (Å²) in [6, 6.07) is 0.822. The van der Waals surface area contributed by atoms with Gasteiger partial charge < -0.3 is 20.4 Å². The first-order chi connectivity index (χ1) is 13.1. The summed E-state index contributed by atoms with van der Waals surface area (Å²) in [5, 5.41) is 8.81. The molecule has 2 rings (SSSR count). The van der Waals surface area contributed by atoms with Crippen molar-refractivity contribution >= 4 is 11.9 Å². The number of halogens is 3. The normalized spacial score (nSPS) is 12.8. The largest absolute Gasteiger partial charge is 0.443 e. The smallest absolute Gasteiger partial charge is 0.433 e. The number of nitrogens with zero attached hydrogens (tertiary/aromatic N) is 4. The van der Waals surface area contributed by atoms with Gasteiger partial charge in [-0.25, -0.2) is 15.0 Å². The monoisotopic (exact) mass is 399 g/mol. The topological polar surface area (TPSA) is 100 Å². The van der Waals surface area contributed by atoms with E-state index in [0.29, 0.717) is 31.5 Å². The van der Waals surface area contributed by atoms with Crippen LogP contribution in [0.25, 0.3) is 0 Å². The Balaban J connectivity index is 1.76. The Bertz CT molecular complexity index is 797. The van der Waals surface area contributed by atoms with Crippen LogP contribution in [0, 0.1) is 0 Å². The number of guanidine groups is 1. The molecule has 2 aromatic rings. The van der Waals surface area contributed by atoms with Crippen molar-refractivity contribution in [1.82, 2.24) is 25.6 Å². The Morgan fingerprint density at radius 1 is 1.14 bits per heavy atom. The molecular formula is C17H24F3N7O. The Morgan fingerprint density at radius 3 is 2.50 bits per heavy atom. The second-order valence-electron chi connectivity index (χ2n) is 6.91. The third-order valence-corrected chi connectivity index (χ3v) is 3.57. The second-order valence-corrected chi connectivity index (χ2v) is 6.91. The van der Waals surface area contributed by atoms with Crippen molar-refractivity contribution in [2.75, 3.05) is 25.5 Å². The van der Waals surface area contributed by atoms with Crippen molar-refractivity contribution in [2.45, 2.75) is 38.9 Å². The lowest BCUT2D eigenvalue weighted by Gasteiger charge is -2.13. The maximum Gasteiger partial charge on any atom is 0.433 e. The Kier molecular flexibility index (Phi) is 6.81. The van der Waals surface area contributed by atoms with Gasteiger partial charge in [0.05, 0.1) is 12.7 Å². The molecule has 3 N–H and O–H groups in total. The van der Waals surface area contributed by atoms with Crippen LogP contribution < -0.4 is 16.0 Å². The number of rotatable bonds is 6. The molecule has 0 aliphatic heterocycles. The number of hydrogen-bond donors (Lipinski definition) is 3. The molecule has 154 valence electrons. The lowest BCUT2D eigenvalue weighted by molar-refractivity contribution is -0.141. The van der Waals surface area contributed by atoms with E-state index in [0.717, 1.165) is 18.0 Å². The average molecular weight is 399 g/mol. The molecule has 0 aliphatic carbocycles. The molecule has 2 aromatic heterocycles. The van der Waals surface area contributed by atoms with Crippen molar-refractivity contribution in [2.24, 2.45) is 4.99 Å². The molecule has 0 atom stereocenters. The van der Waals surface area contributed by atoms with Gasteiger partial charge in [-0.3, -0.25) is 4.99 Å². The molecule has 0 spiro atoms. The molecule has 8 nitrogen and oxygen atoms in total. The molecule has 0 saturated carbocycles. The number of anilines is 1. The quantitative estimate of drug-likeness (QED) is 0.390. The molecule has 0 bridgehead atoms. The van der Waals surface area contributed by atoms with Gasteiger partial charge in [0.2, 0.25) is 11.8 Å². The zero-order valence-electron chi connectivity index (χ0n) is 16.2. The van der Waals surface area contributed by atoms with Crippen LogP contribution in [0.5, 0.6) is 0 Å². The van der Waals surface area contributed by atoms with E-state index in [1.807, 2.05) is 20.8 Å². The van der Waals surface area contributed by atoms with Crippen molar-refractivity contribution in [3.63, 3.8) is 0 Å². The number of aliphatic imine (C=N–C) groups is 1. The first kappa shape index (κ1) is 21.5. The van der Waals surface area contributed by atoms with Crippen LogP contribution in [-0.2, 0) is 18.1 Å². The molecular weight excluding hydrogens is 375 g/mol. The van der Waals surface area contributed by atoms with E-state index in [9.17, 15) is 13.2 Å². The molecule has 0 aliphatic rings. The molecule has 0 amide bonds. The van der Waals surface area contributed by atoms with Crippen LogP contribution in [0.15, 0.2) is 27.9 Å². The number of aromatic nitrogens is 3. The zero-order valence-corrected chi connectivity index (χ0v) is 16.2. The molecule has 2 heterocycles. The summed E-state index contributed by atoms with van der Waals surface area (Å²) in [6.45, 7) is 7.14. The predicted octanol–water partition coefficient (Wildman–Crippen LogP) is 2.56. The van der Waals surface area contributed by atoms with Gasteiger partial charge in [0.15, 0.2) is 5.96 Å². The van der Waals surface area contributed by atoms with E-state index < -0.39 is 11.9 Å². The first-order valence-corrected chi connectivity index (χ1v) is 8.63. The van der Waals surface area contributed by atoms with Crippen molar-refractivity contribution < 1.29 is 17.6 Å². The predicted molar refractivity (Wildman–Crippen MR) is 98.9 cm³/mol. The highest BCUT2D eigenvalue weighted by Gasteiger charge is 2.32. The summed E-state index contributed by atoms with van der Waals surface area (Å²) in [6.07, 6.45) is -1.74. The molecule has 0 unspecified atom stereocenters. The highest BCUT2D eigenvalue weighted by Crippen LogP contribution is 2.27. The maximum atomic E-state index is 12.6. The van der Waals surface area contributed by atoms with Gasteiger partial charge in [0.25, 0.3) is 0 Å². The zero-order chi connectivity index (χ0) is 20.8. The van der Waals surface area contributed by atoms with Crippen LogP contribution in [0.2, 0.25) is 0 Å². The summed E-state index contributed by atoms with van der Waals surface area (Å²) in [4.78, 5) is 15.5. The molecule has 11 heteroatoms. The molecule has 0 fully saturated rings. The third-order valence-electron chi connectivity index (χ3n) is 3.57. The van der Waals surface area contributed by atoms with Gasteiger partial charge in [0.1, 0.15) is 11.5 Å². The highest BCUT2D eigenvalue weighted by molar-refractivity contribution is 5.79. The minimum Gasteiger partial charge on any atom is -0.443 e. The average Bonchev–Trinajstić information content (AvgIpc) is 3.10. The van der Waals surface area contributed by atoms with Gasteiger partial charge in [-0.05, 0) is 6.07 Å². The standard InChI is InChI=1S/C17H24F3N7O/c1-16(2,3)12-9-25-13(28-12)10-26-14(21-4)23-7-8-24-15-22-6-5-11(27-15)17(18,19)20/h5-6,9H,7-8,10H2,1-4H3,(H2,21,23,26)(H,22,24,27). The van der Waals surface area contributed by atoms with Crippen LogP contribution in [0.3, 0.4) is 0 Å². The highest BCUT2D eigenvalue weighted by atomic mass is 19.4. The van der Waals surface area contributed by atoms with Crippen molar-refractivity contribution in [1.29, 1.82) is 0 Å². The first-order valence-electron chi connectivity index (χ1n) is 8.63. The molecule has 0 radical (unpaired) electrons. The Labute approximate surface area is 161 Å². The van der Waals surface area contributed by atoms with Crippen molar-refractivity contribution in [3.05, 3.63) is 35.8 Å². The fourth-order valence-electron chi connectivity index (χ4n) is 2.08. The van der Waals surface area contributed by atoms with E-state index >= 15 is 0 Å². The van der Waals surface area contributed by atoms with Crippen LogP contribution in [-0.4, -0.2) is 41.0 Å². The minimum atomic E-state index is -4.50. The van der Waals surface area contributed by atoms with Crippen LogP contribution >= 0.6 is 0 Å². The number of hydrogen-bond acceptors (Lipinski definition) is 6. The second kappa shape index (κ2) is 8.89. The summed E-state index contributed by atoms with van der Waals surface area (Å²) < 4.78 is 43.6. The van der Waals surface area contributed by atoms with Crippen molar-refractivity contribution in [3.8, 4) is 0 Å². The third kappa shape index (κ3) is 6.39. The van der Waals surface area contributed by atoms with E-state index in [1.54, 1.807) is 13.2 Å². The number of alkyl halides is 3. The summed E-state index contributed by atoms with van der Waals surface area (Å²) in [7, 11) is 1.61. The SMILES string of the molecule is CN=C(NCCNc1nccc(C(F)(F)F)n1)NCc1ncc(C(C)(C)C)o1. The van der Waals surface area contributed by atoms with Gasteiger partial charge in [-0.2, -0.15) is 13.2 Å². The summed E-state index contributed by atoms with van der Waals surface area (Å²) >= 11 is 0. The number of oxazole rings is 1. The Morgan fingerprint density at radius 2 is 1.89 bits per heavy atom. The van der Waals surface area contributed by atoms with E-state index in [1.165, 1.54) is 0 Å². The number of nitrogens with one attached hydrogen (secondary N) is 3. The fraction of sp³-hybridized carbons (Fsp3) is 0.529. The van der Waals surface area contributed by atoms with Crippen LogP contribution in [0.4, 0.5) is 19.1 Å². The Hall–Kier alpha value is -2.85. The van der Waals surface area contributed by atoms with E-state index in [4.69, 9.17) is 4.42 Å². The van der Waals surface area contributed by atoms with Gasteiger partial charge in [-0.1, -0.05) is 20.8 Å². The molecule has 0 saturated heterocycles. The minimum absolute atomic E-state index is 0.0888. The fourth-order valence-corrected chi connectivity index (χ4v) is 2.08. The van der Waals surface area contributed by atoms with Gasteiger partial charge >= 0.3 is 6.18 Å². The molecule has 28 heavy (non-hydrogen) atoms. The van der Waals surface area contributed by atoms with Gasteiger partial charge in [-0.15, -0.1) is 0 Å². The lowest BCUT2D eigenvalue weighted by atomic mass is 9.94. The maximum absolute atomic E-state index is 12.6. The van der Waals surface area contributed by atoms with E-state index in [2.05, 4.69) is 35.9 Å².